The first-order chi connectivity index (χ1) is 8.31. The van der Waals surface area contributed by atoms with Gasteiger partial charge in [-0.1, -0.05) is 71.3 Å². The number of allylic oxidation sites excluding steroid dienone is 2. The van der Waals surface area contributed by atoms with Crippen molar-refractivity contribution in [2.45, 2.75) is 90.9 Å². The van der Waals surface area contributed by atoms with Crippen molar-refractivity contribution in [3.63, 3.8) is 0 Å². The van der Waals surface area contributed by atoms with E-state index < -0.39 is 0 Å². The molecule has 2 N–H and O–H groups in total. The average Bonchev–Trinajstić information content (AvgIpc) is 2.33. The standard InChI is InChI=1S/C16H33N/c1-3-5-7-9-11-13-15-16(17)14-12-10-8-6-4-2/h15H,3-14,17H2,1-2H3/b16-15-. The van der Waals surface area contributed by atoms with Gasteiger partial charge in [0.05, 0.1) is 0 Å². The van der Waals surface area contributed by atoms with Crippen molar-refractivity contribution < 1.29 is 0 Å². The van der Waals surface area contributed by atoms with Gasteiger partial charge in [-0.25, -0.2) is 0 Å². The van der Waals surface area contributed by atoms with Crippen molar-refractivity contribution in [2.75, 3.05) is 0 Å². The number of nitrogens with two attached hydrogens (primary N) is 1. The fourth-order valence-electron chi connectivity index (χ4n) is 2.07. The van der Waals surface area contributed by atoms with Gasteiger partial charge in [-0.15, -0.1) is 0 Å². The fraction of sp³-hybridized carbons (Fsp3) is 0.875. The molecule has 0 aliphatic rings. The number of hydrogen-bond acceptors (Lipinski definition) is 1. The topological polar surface area (TPSA) is 26.0 Å². The summed E-state index contributed by atoms with van der Waals surface area (Å²) in [5.41, 5.74) is 7.11. The van der Waals surface area contributed by atoms with Crippen LogP contribution in [0.2, 0.25) is 0 Å². The quantitative estimate of drug-likeness (QED) is 0.444. The molecular formula is C16H33N. The minimum Gasteiger partial charge on any atom is -0.402 e. The van der Waals surface area contributed by atoms with Crippen LogP contribution in [0.1, 0.15) is 90.9 Å². The van der Waals surface area contributed by atoms with Crippen LogP contribution in [0.4, 0.5) is 0 Å². The van der Waals surface area contributed by atoms with Crippen LogP contribution in [0.25, 0.3) is 0 Å². The van der Waals surface area contributed by atoms with Gasteiger partial charge in [0, 0.05) is 5.70 Å². The second kappa shape index (κ2) is 13.6. The maximum atomic E-state index is 5.99. The van der Waals surface area contributed by atoms with Gasteiger partial charge >= 0.3 is 0 Å². The average molecular weight is 239 g/mol. The Bertz CT molecular complexity index is 172. The monoisotopic (exact) mass is 239 g/mol. The highest BCUT2D eigenvalue weighted by atomic mass is 14.6. The van der Waals surface area contributed by atoms with Gasteiger partial charge in [0.2, 0.25) is 0 Å². The molecular weight excluding hydrogens is 206 g/mol. The van der Waals surface area contributed by atoms with Crippen LogP contribution >= 0.6 is 0 Å². The number of unbranched alkanes of at least 4 members (excludes halogenated alkanes) is 9. The van der Waals surface area contributed by atoms with Crippen molar-refractivity contribution in [3.8, 4) is 0 Å². The van der Waals surface area contributed by atoms with Gasteiger partial charge in [0.15, 0.2) is 0 Å². The maximum absolute atomic E-state index is 5.99. The molecule has 0 aliphatic carbocycles. The molecule has 1 heteroatoms. The molecule has 0 aromatic heterocycles. The fourth-order valence-corrected chi connectivity index (χ4v) is 2.07. The highest BCUT2D eigenvalue weighted by Gasteiger charge is 1.93. The Hall–Kier alpha value is -0.460. The second-order valence-electron chi connectivity index (χ2n) is 5.15. The highest BCUT2D eigenvalue weighted by Crippen LogP contribution is 2.10. The largest absolute Gasteiger partial charge is 0.402 e. The van der Waals surface area contributed by atoms with Crippen LogP contribution in [0.15, 0.2) is 11.8 Å². The van der Waals surface area contributed by atoms with Crippen molar-refractivity contribution in [2.24, 2.45) is 5.73 Å². The molecule has 17 heavy (non-hydrogen) atoms. The van der Waals surface area contributed by atoms with Crippen LogP contribution < -0.4 is 5.73 Å². The summed E-state index contributed by atoms with van der Waals surface area (Å²) in [6, 6.07) is 0. The Morgan fingerprint density at radius 1 is 0.765 bits per heavy atom. The number of hydrogen-bond donors (Lipinski definition) is 1. The van der Waals surface area contributed by atoms with Gasteiger partial charge in [0.1, 0.15) is 0 Å². The third kappa shape index (κ3) is 13.5. The zero-order valence-electron chi connectivity index (χ0n) is 12.1. The first-order valence-electron chi connectivity index (χ1n) is 7.75. The summed E-state index contributed by atoms with van der Waals surface area (Å²) in [6.07, 6.45) is 18.0. The molecule has 0 aromatic rings. The van der Waals surface area contributed by atoms with E-state index in [9.17, 15) is 0 Å². The first-order valence-corrected chi connectivity index (χ1v) is 7.75. The zero-order valence-corrected chi connectivity index (χ0v) is 12.1. The summed E-state index contributed by atoms with van der Waals surface area (Å²) in [5, 5.41) is 0. The minimum atomic E-state index is 1.11. The molecule has 0 saturated heterocycles. The van der Waals surface area contributed by atoms with Crippen LogP contribution in [0.5, 0.6) is 0 Å². The predicted molar refractivity (Wildman–Crippen MR) is 79.0 cm³/mol. The molecule has 0 spiro atoms. The van der Waals surface area contributed by atoms with Crippen LogP contribution in [-0.2, 0) is 0 Å². The van der Waals surface area contributed by atoms with E-state index in [1.165, 1.54) is 70.6 Å². The molecule has 0 amide bonds. The van der Waals surface area contributed by atoms with E-state index in [0.29, 0.717) is 0 Å². The molecule has 0 fully saturated rings. The van der Waals surface area contributed by atoms with Gasteiger partial charge in [-0.3, -0.25) is 0 Å². The molecule has 0 aromatic carbocycles. The number of rotatable bonds is 12. The molecule has 0 aliphatic heterocycles. The third-order valence-corrected chi connectivity index (χ3v) is 3.28. The Morgan fingerprint density at radius 3 is 1.88 bits per heavy atom. The maximum Gasteiger partial charge on any atom is 0.00399 e. The molecule has 0 bridgehead atoms. The third-order valence-electron chi connectivity index (χ3n) is 3.28. The summed E-state index contributed by atoms with van der Waals surface area (Å²) in [4.78, 5) is 0. The lowest BCUT2D eigenvalue weighted by Gasteiger charge is -2.02. The Morgan fingerprint density at radius 2 is 1.29 bits per heavy atom. The highest BCUT2D eigenvalue weighted by molar-refractivity contribution is 4.95. The summed E-state index contributed by atoms with van der Waals surface area (Å²) >= 11 is 0. The molecule has 0 atom stereocenters. The van der Waals surface area contributed by atoms with Gasteiger partial charge in [0.25, 0.3) is 0 Å². The van der Waals surface area contributed by atoms with Crippen molar-refractivity contribution in [1.82, 2.24) is 0 Å². The molecule has 1 nitrogen and oxygen atoms in total. The molecule has 102 valence electrons. The lowest BCUT2D eigenvalue weighted by atomic mass is 10.1. The molecule has 0 unspecified atom stereocenters. The van der Waals surface area contributed by atoms with Crippen LogP contribution in [0, 0.1) is 0 Å². The van der Waals surface area contributed by atoms with E-state index in [0.717, 1.165) is 12.1 Å². The van der Waals surface area contributed by atoms with E-state index in [1.807, 2.05) is 0 Å². The first kappa shape index (κ1) is 16.5. The minimum absolute atomic E-state index is 1.11. The van der Waals surface area contributed by atoms with Crippen molar-refractivity contribution in [1.29, 1.82) is 0 Å². The summed E-state index contributed by atoms with van der Waals surface area (Å²) < 4.78 is 0. The molecule has 0 radical (unpaired) electrons. The summed E-state index contributed by atoms with van der Waals surface area (Å²) in [6.45, 7) is 4.52. The normalized spacial score (nSPS) is 12.0. The van der Waals surface area contributed by atoms with E-state index in [-0.39, 0.29) is 0 Å². The SMILES string of the molecule is CCCCCCC/C=C(\N)CCCCCCC. The zero-order chi connectivity index (χ0) is 12.8. The predicted octanol–water partition coefficient (Wildman–Crippen LogP) is 5.55. The van der Waals surface area contributed by atoms with Crippen molar-refractivity contribution in [3.05, 3.63) is 11.8 Å². The Kier molecular flexibility index (Phi) is 13.2. The van der Waals surface area contributed by atoms with Crippen LogP contribution in [0.3, 0.4) is 0 Å². The molecule has 0 saturated carbocycles. The van der Waals surface area contributed by atoms with Crippen molar-refractivity contribution >= 4 is 0 Å². The summed E-state index contributed by atoms with van der Waals surface area (Å²) in [5.74, 6) is 0. The molecule has 0 heterocycles. The van der Waals surface area contributed by atoms with E-state index >= 15 is 0 Å². The van der Waals surface area contributed by atoms with Gasteiger partial charge in [-0.05, 0) is 25.7 Å². The second-order valence-corrected chi connectivity index (χ2v) is 5.15. The lowest BCUT2D eigenvalue weighted by molar-refractivity contribution is 0.623. The summed E-state index contributed by atoms with van der Waals surface area (Å²) in [7, 11) is 0. The smallest absolute Gasteiger partial charge is 0.00399 e. The van der Waals surface area contributed by atoms with Crippen LogP contribution in [-0.4, -0.2) is 0 Å². The Balaban J connectivity index is 3.26. The van der Waals surface area contributed by atoms with E-state index in [4.69, 9.17) is 5.73 Å². The van der Waals surface area contributed by atoms with Gasteiger partial charge < -0.3 is 5.73 Å². The Labute approximate surface area is 109 Å². The van der Waals surface area contributed by atoms with E-state index in [2.05, 4.69) is 19.9 Å². The molecule has 0 rings (SSSR count). The van der Waals surface area contributed by atoms with E-state index in [1.54, 1.807) is 0 Å². The van der Waals surface area contributed by atoms with Gasteiger partial charge in [-0.2, -0.15) is 0 Å². The lowest BCUT2D eigenvalue weighted by Crippen LogP contribution is -1.97.